The molecule has 0 spiro atoms. The van der Waals surface area contributed by atoms with E-state index in [0.29, 0.717) is 17.5 Å². The highest BCUT2D eigenvalue weighted by molar-refractivity contribution is 5.65. The zero-order valence-corrected chi connectivity index (χ0v) is 7.54. The van der Waals surface area contributed by atoms with Gasteiger partial charge in [0.25, 0.3) is 0 Å². The SMILES string of the molecule is Cc1nc(N)nc(NC2CC2)c1N. The number of aryl methyl sites for hydroxylation is 1. The van der Waals surface area contributed by atoms with Gasteiger partial charge in [0.2, 0.25) is 5.95 Å². The molecule has 5 nitrogen and oxygen atoms in total. The minimum atomic E-state index is 0.273. The molecule has 5 heteroatoms. The maximum atomic E-state index is 5.78. The second-order valence-electron chi connectivity index (χ2n) is 3.35. The first kappa shape index (κ1) is 8.10. The molecule has 0 aliphatic heterocycles. The average Bonchev–Trinajstić information content (AvgIpc) is 2.83. The zero-order chi connectivity index (χ0) is 9.42. The van der Waals surface area contributed by atoms with Crippen LogP contribution in [0.5, 0.6) is 0 Å². The molecule has 70 valence electrons. The third-order valence-electron chi connectivity index (χ3n) is 2.07. The van der Waals surface area contributed by atoms with Gasteiger partial charge >= 0.3 is 0 Å². The molecule has 1 fully saturated rings. The Bertz CT molecular complexity index is 332. The summed E-state index contributed by atoms with van der Waals surface area (Å²) in [5, 5.41) is 3.21. The van der Waals surface area contributed by atoms with Crippen molar-refractivity contribution in [3.8, 4) is 0 Å². The van der Waals surface area contributed by atoms with Gasteiger partial charge in [-0.05, 0) is 19.8 Å². The van der Waals surface area contributed by atoms with Crippen molar-refractivity contribution in [2.75, 3.05) is 16.8 Å². The Labute approximate surface area is 76.6 Å². The van der Waals surface area contributed by atoms with E-state index in [1.54, 1.807) is 0 Å². The van der Waals surface area contributed by atoms with E-state index in [1.165, 1.54) is 12.8 Å². The molecule has 0 amide bonds. The van der Waals surface area contributed by atoms with Crippen LogP contribution in [0.15, 0.2) is 0 Å². The van der Waals surface area contributed by atoms with Crippen molar-refractivity contribution < 1.29 is 0 Å². The first-order valence-corrected chi connectivity index (χ1v) is 4.33. The van der Waals surface area contributed by atoms with Crippen LogP contribution in [0.2, 0.25) is 0 Å². The largest absolute Gasteiger partial charge is 0.394 e. The molecule has 0 atom stereocenters. The van der Waals surface area contributed by atoms with Gasteiger partial charge in [0, 0.05) is 6.04 Å². The summed E-state index contributed by atoms with van der Waals surface area (Å²) in [5.41, 5.74) is 12.6. The molecule has 0 saturated heterocycles. The molecule has 1 aromatic heterocycles. The lowest BCUT2D eigenvalue weighted by atomic mass is 10.3. The minimum absolute atomic E-state index is 0.273. The first-order valence-electron chi connectivity index (χ1n) is 4.33. The van der Waals surface area contributed by atoms with Gasteiger partial charge in [0.15, 0.2) is 5.82 Å². The second kappa shape index (κ2) is 2.76. The topological polar surface area (TPSA) is 89.8 Å². The van der Waals surface area contributed by atoms with Crippen molar-refractivity contribution in [1.82, 2.24) is 9.97 Å². The number of nitrogens with zero attached hydrogens (tertiary/aromatic N) is 2. The van der Waals surface area contributed by atoms with Gasteiger partial charge in [0.05, 0.1) is 11.4 Å². The van der Waals surface area contributed by atoms with Crippen LogP contribution in [-0.4, -0.2) is 16.0 Å². The van der Waals surface area contributed by atoms with Crippen molar-refractivity contribution >= 4 is 17.5 Å². The smallest absolute Gasteiger partial charge is 0.222 e. The predicted octanol–water partition coefficient (Wildman–Crippen LogP) is 0.524. The highest BCUT2D eigenvalue weighted by Gasteiger charge is 2.22. The lowest BCUT2D eigenvalue weighted by molar-refractivity contribution is 1.07. The Morgan fingerprint density at radius 2 is 2.00 bits per heavy atom. The number of nitrogens with one attached hydrogen (secondary N) is 1. The zero-order valence-electron chi connectivity index (χ0n) is 7.54. The summed E-state index contributed by atoms with van der Waals surface area (Å²) in [5.74, 6) is 0.947. The summed E-state index contributed by atoms with van der Waals surface area (Å²) in [4.78, 5) is 8.01. The van der Waals surface area contributed by atoms with Crippen LogP contribution in [-0.2, 0) is 0 Å². The molecule has 0 aromatic carbocycles. The second-order valence-corrected chi connectivity index (χ2v) is 3.35. The van der Waals surface area contributed by atoms with E-state index >= 15 is 0 Å². The molecule has 1 aromatic rings. The maximum absolute atomic E-state index is 5.78. The Balaban J connectivity index is 2.30. The number of nitrogens with two attached hydrogens (primary N) is 2. The molecule has 0 unspecified atom stereocenters. The highest BCUT2D eigenvalue weighted by atomic mass is 15.1. The molecule has 0 radical (unpaired) electrons. The van der Waals surface area contributed by atoms with Crippen LogP contribution in [0.1, 0.15) is 18.5 Å². The van der Waals surface area contributed by atoms with Crippen molar-refractivity contribution in [1.29, 1.82) is 0 Å². The Morgan fingerprint density at radius 1 is 1.31 bits per heavy atom. The van der Waals surface area contributed by atoms with Crippen molar-refractivity contribution in [3.63, 3.8) is 0 Å². The molecule has 2 rings (SSSR count). The quantitative estimate of drug-likeness (QED) is 0.616. The molecular weight excluding hydrogens is 166 g/mol. The predicted molar refractivity (Wildman–Crippen MR) is 52.2 cm³/mol. The van der Waals surface area contributed by atoms with Crippen molar-refractivity contribution in [2.45, 2.75) is 25.8 Å². The van der Waals surface area contributed by atoms with Gasteiger partial charge < -0.3 is 16.8 Å². The van der Waals surface area contributed by atoms with Gasteiger partial charge in [-0.15, -0.1) is 0 Å². The van der Waals surface area contributed by atoms with Crippen LogP contribution in [0.4, 0.5) is 17.5 Å². The molecule has 0 bridgehead atoms. The fourth-order valence-corrected chi connectivity index (χ4v) is 1.13. The fourth-order valence-electron chi connectivity index (χ4n) is 1.13. The Hall–Kier alpha value is -1.52. The number of anilines is 3. The number of hydrogen-bond donors (Lipinski definition) is 3. The fraction of sp³-hybridized carbons (Fsp3) is 0.500. The normalized spacial score (nSPS) is 15.8. The standard InChI is InChI=1S/C8H13N5/c1-4-6(9)7(12-5-2-3-5)13-8(10)11-4/h5H,2-3,9H2,1H3,(H3,10,11,12,13). The maximum Gasteiger partial charge on any atom is 0.222 e. The summed E-state index contributed by atoms with van der Waals surface area (Å²) in [6.45, 7) is 1.82. The lowest BCUT2D eigenvalue weighted by Gasteiger charge is -2.08. The Morgan fingerprint density at radius 3 is 2.62 bits per heavy atom. The number of hydrogen-bond acceptors (Lipinski definition) is 5. The summed E-state index contributed by atoms with van der Waals surface area (Å²) in [7, 11) is 0. The van der Waals surface area contributed by atoms with Gasteiger partial charge in [-0.1, -0.05) is 0 Å². The third-order valence-corrected chi connectivity index (χ3v) is 2.07. The molecule has 1 aliphatic carbocycles. The van der Waals surface area contributed by atoms with Crippen LogP contribution in [0.25, 0.3) is 0 Å². The molecular formula is C8H13N5. The summed E-state index contributed by atoms with van der Waals surface area (Å²) in [6.07, 6.45) is 2.37. The van der Waals surface area contributed by atoms with Crippen LogP contribution in [0.3, 0.4) is 0 Å². The van der Waals surface area contributed by atoms with E-state index in [4.69, 9.17) is 11.5 Å². The van der Waals surface area contributed by atoms with E-state index < -0.39 is 0 Å². The van der Waals surface area contributed by atoms with Gasteiger partial charge in [-0.2, -0.15) is 4.98 Å². The van der Waals surface area contributed by atoms with E-state index in [9.17, 15) is 0 Å². The monoisotopic (exact) mass is 179 g/mol. The number of rotatable bonds is 2. The number of aromatic nitrogens is 2. The van der Waals surface area contributed by atoms with Crippen LogP contribution in [0, 0.1) is 6.92 Å². The van der Waals surface area contributed by atoms with Crippen LogP contribution < -0.4 is 16.8 Å². The van der Waals surface area contributed by atoms with E-state index in [-0.39, 0.29) is 5.95 Å². The molecule has 1 saturated carbocycles. The Kier molecular flexibility index (Phi) is 1.72. The van der Waals surface area contributed by atoms with Gasteiger partial charge in [-0.3, -0.25) is 0 Å². The molecule has 13 heavy (non-hydrogen) atoms. The van der Waals surface area contributed by atoms with E-state index in [1.807, 2.05) is 6.92 Å². The lowest BCUT2D eigenvalue weighted by Crippen LogP contribution is -2.10. The van der Waals surface area contributed by atoms with E-state index in [0.717, 1.165) is 5.69 Å². The number of nitrogen functional groups attached to an aromatic ring is 2. The van der Waals surface area contributed by atoms with Gasteiger partial charge in [0.1, 0.15) is 0 Å². The minimum Gasteiger partial charge on any atom is -0.394 e. The van der Waals surface area contributed by atoms with Crippen molar-refractivity contribution in [3.05, 3.63) is 5.69 Å². The third kappa shape index (κ3) is 1.63. The summed E-state index contributed by atoms with van der Waals surface area (Å²) < 4.78 is 0. The molecule has 1 heterocycles. The highest BCUT2D eigenvalue weighted by Crippen LogP contribution is 2.27. The van der Waals surface area contributed by atoms with Crippen molar-refractivity contribution in [2.24, 2.45) is 0 Å². The summed E-state index contributed by atoms with van der Waals surface area (Å²) >= 11 is 0. The molecule has 1 aliphatic rings. The average molecular weight is 179 g/mol. The van der Waals surface area contributed by atoms with Gasteiger partial charge in [-0.25, -0.2) is 4.98 Å². The summed E-state index contributed by atoms with van der Waals surface area (Å²) in [6, 6.07) is 0.524. The molecule has 5 N–H and O–H groups in total. The van der Waals surface area contributed by atoms with Crippen LogP contribution >= 0.6 is 0 Å². The first-order chi connectivity index (χ1) is 6.16. The van der Waals surface area contributed by atoms with E-state index in [2.05, 4.69) is 15.3 Å².